The van der Waals surface area contributed by atoms with E-state index in [0.717, 1.165) is 5.56 Å². The second kappa shape index (κ2) is 7.17. The SMILES string of the molecule is COCCC(=O)N[C@H]1CC(=O)N(Cc2cccc(F)c2)C1. The molecule has 0 bridgehead atoms. The van der Waals surface area contributed by atoms with Gasteiger partial charge in [0.15, 0.2) is 0 Å². The molecule has 1 fully saturated rings. The van der Waals surface area contributed by atoms with E-state index in [-0.39, 0.29) is 36.5 Å². The van der Waals surface area contributed by atoms with E-state index in [4.69, 9.17) is 4.74 Å². The molecule has 1 saturated heterocycles. The third-order valence-corrected chi connectivity index (χ3v) is 3.38. The van der Waals surface area contributed by atoms with E-state index in [9.17, 15) is 14.0 Å². The summed E-state index contributed by atoms with van der Waals surface area (Å²) < 4.78 is 18.0. The molecule has 1 aromatic rings. The van der Waals surface area contributed by atoms with E-state index in [1.807, 2.05) is 0 Å². The van der Waals surface area contributed by atoms with Crippen molar-refractivity contribution in [2.45, 2.75) is 25.4 Å². The molecule has 21 heavy (non-hydrogen) atoms. The van der Waals surface area contributed by atoms with Crippen molar-refractivity contribution < 1.29 is 18.7 Å². The molecule has 6 heteroatoms. The highest BCUT2D eigenvalue weighted by atomic mass is 19.1. The first-order chi connectivity index (χ1) is 10.1. The lowest BCUT2D eigenvalue weighted by molar-refractivity contribution is -0.128. The molecule has 0 spiro atoms. The van der Waals surface area contributed by atoms with Crippen molar-refractivity contribution in [2.75, 3.05) is 20.3 Å². The van der Waals surface area contributed by atoms with Gasteiger partial charge in [0.05, 0.1) is 12.6 Å². The Morgan fingerprint density at radius 1 is 1.52 bits per heavy atom. The molecule has 1 aliphatic rings. The van der Waals surface area contributed by atoms with E-state index < -0.39 is 0 Å². The van der Waals surface area contributed by atoms with Crippen molar-refractivity contribution in [3.05, 3.63) is 35.6 Å². The van der Waals surface area contributed by atoms with E-state index in [0.29, 0.717) is 19.7 Å². The summed E-state index contributed by atoms with van der Waals surface area (Å²) in [4.78, 5) is 25.2. The summed E-state index contributed by atoms with van der Waals surface area (Å²) in [7, 11) is 1.53. The molecule has 2 rings (SSSR count). The van der Waals surface area contributed by atoms with Crippen molar-refractivity contribution in [3.8, 4) is 0 Å². The Morgan fingerprint density at radius 3 is 3.05 bits per heavy atom. The highest BCUT2D eigenvalue weighted by molar-refractivity contribution is 5.82. The Morgan fingerprint density at radius 2 is 2.33 bits per heavy atom. The van der Waals surface area contributed by atoms with E-state index in [1.54, 1.807) is 17.0 Å². The Balaban J connectivity index is 1.86. The number of benzene rings is 1. The van der Waals surface area contributed by atoms with Gasteiger partial charge in [-0.25, -0.2) is 4.39 Å². The van der Waals surface area contributed by atoms with Crippen LogP contribution in [0.5, 0.6) is 0 Å². The summed E-state index contributed by atoms with van der Waals surface area (Å²) in [5, 5.41) is 2.82. The first kappa shape index (κ1) is 15.4. The van der Waals surface area contributed by atoms with Crippen LogP contribution in [0.3, 0.4) is 0 Å². The van der Waals surface area contributed by atoms with Crippen LogP contribution in [0.15, 0.2) is 24.3 Å². The molecule has 2 amide bonds. The van der Waals surface area contributed by atoms with Gasteiger partial charge in [0.25, 0.3) is 0 Å². The molecule has 114 valence electrons. The van der Waals surface area contributed by atoms with Gasteiger partial charge in [-0.15, -0.1) is 0 Å². The Kier molecular flexibility index (Phi) is 5.27. The van der Waals surface area contributed by atoms with Gasteiger partial charge in [0, 0.05) is 33.0 Å². The van der Waals surface area contributed by atoms with Crippen LogP contribution in [0.4, 0.5) is 4.39 Å². The number of halogens is 1. The minimum atomic E-state index is -0.316. The maximum atomic E-state index is 13.1. The zero-order valence-corrected chi connectivity index (χ0v) is 12.0. The Labute approximate surface area is 123 Å². The summed E-state index contributed by atoms with van der Waals surface area (Å²) in [6.45, 7) is 1.18. The van der Waals surface area contributed by atoms with Gasteiger partial charge in [0.1, 0.15) is 5.82 Å². The van der Waals surface area contributed by atoms with Gasteiger partial charge in [-0.05, 0) is 17.7 Å². The van der Waals surface area contributed by atoms with Crippen LogP contribution < -0.4 is 5.32 Å². The zero-order valence-electron chi connectivity index (χ0n) is 12.0. The molecular formula is C15H19FN2O3. The number of nitrogens with one attached hydrogen (secondary N) is 1. The average molecular weight is 294 g/mol. The van der Waals surface area contributed by atoms with Gasteiger partial charge in [-0.1, -0.05) is 12.1 Å². The standard InChI is InChI=1S/C15H19FN2O3/c1-21-6-5-14(19)17-13-8-15(20)18(10-13)9-11-3-2-4-12(16)7-11/h2-4,7,13H,5-6,8-10H2,1H3,(H,17,19)/t13-/m0/s1. The van der Waals surface area contributed by atoms with Crippen molar-refractivity contribution in [2.24, 2.45) is 0 Å². The van der Waals surface area contributed by atoms with E-state index >= 15 is 0 Å². The van der Waals surface area contributed by atoms with Gasteiger partial charge >= 0.3 is 0 Å². The summed E-state index contributed by atoms with van der Waals surface area (Å²) in [5.74, 6) is -0.470. The molecule has 0 radical (unpaired) electrons. The minimum Gasteiger partial charge on any atom is -0.384 e. The minimum absolute atomic E-state index is 0.0312. The summed E-state index contributed by atoms with van der Waals surface area (Å²) in [6.07, 6.45) is 0.569. The monoisotopic (exact) mass is 294 g/mol. The molecule has 0 aliphatic carbocycles. The molecule has 5 nitrogen and oxygen atoms in total. The first-order valence-corrected chi connectivity index (χ1v) is 6.89. The number of methoxy groups -OCH3 is 1. The highest BCUT2D eigenvalue weighted by Crippen LogP contribution is 2.15. The molecule has 1 heterocycles. The second-order valence-electron chi connectivity index (χ2n) is 5.12. The maximum Gasteiger partial charge on any atom is 0.225 e. The van der Waals surface area contributed by atoms with E-state index in [1.165, 1.54) is 19.2 Å². The van der Waals surface area contributed by atoms with Crippen LogP contribution in [0.1, 0.15) is 18.4 Å². The number of carbonyl (C=O) groups is 2. The van der Waals surface area contributed by atoms with Crippen LogP contribution in [0.25, 0.3) is 0 Å². The fourth-order valence-electron chi connectivity index (χ4n) is 2.37. The molecule has 1 N–H and O–H groups in total. The number of hydrogen-bond acceptors (Lipinski definition) is 3. The number of carbonyl (C=O) groups excluding carboxylic acids is 2. The van der Waals surface area contributed by atoms with Gasteiger partial charge in [-0.2, -0.15) is 0 Å². The maximum absolute atomic E-state index is 13.1. The number of nitrogens with zero attached hydrogens (tertiary/aromatic N) is 1. The quantitative estimate of drug-likeness (QED) is 0.854. The predicted octanol–water partition coefficient (Wildman–Crippen LogP) is 1.08. The fraction of sp³-hybridized carbons (Fsp3) is 0.467. The van der Waals surface area contributed by atoms with Crippen LogP contribution in [0, 0.1) is 5.82 Å². The van der Waals surface area contributed by atoms with E-state index in [2.05, 4.69) is 5.32 Å². The molecule has 0 aromatic heterocycles. The molecule has 1 aliphatic heterocycles. The van der Waals surface area contributed by atoms with Crippen molar-refractivity contribution in [1.29, 1.82) is 0 Å². The topological polar surface area (TPSA) is 58.6 Å². The largest absolute Gasteiger partial charge is 0.384 e. The van der Waals surface area contributed by atoms with Gasteiger partial charge in [-0.3, -0.25) is 9.59 Å². The lowest BCUT2D eigenvalue weighted by Crippen LogP contribution is -2.37. The molecule has 1 aromatic carbocycles. The fourth-order valence-corrected chi connectivity index (χ4v) is 2.37. The number of likely N-dealkylation sites (tertiary alicyclic amines) is 1. The van der Waals surface area contributed by atoms with Crippen molar-refractivity contribution >= 4 is 11.8 Å². The van der Waals surface area contributed by atoms with Crippen LogP contribution in [-0.4, -0.2) is 43.0 Å². The molecule has 0 unspecified atom stereocenters. The zero-order chi connectivity index (χ0) is 15.2. The average Bonchev–Trinajstić information content (AvgIpc) is 2.76. The van der Waals surface area contributed by atoms with Crippen LogP contribution in [0.2, 0.25) is 0 Å². The lowest BCUT2D eigenvalue weighted by atomic mass is 10.2. The van der Waals surface area contributed by atoms with Gasteiger partial charge < -0.3 is 15.0 Å². The summed E-state index contributed by atoms with van der Waals surface area (Å²) in [6, 6.07) is 6.00. The Hall–Kier alpha value is -1.95. The molecule has 1 atom stereocenters. The normalized spacial score (nSPS) is 18.1. The molecular weight excluding hydrogens is 275 g/mol. The number of amides is 2. The number of ether oxygens (including phenoxy) is 1. The third-order valence-electron chi connectivity index (χ3n) is 3.38. The predicted molar refractivity (Wildman–Crippen MR) is 74.9 cm³/mol. The summed E-state index contributed by atoms with van der Waals surface area (Å²) in [5.41, 5.74) is 0.745. The smallest absolute Gasteiger partial charge is 0.225 e. The second-order valence-corrected chi connectivity index (χ2v) is 5.12. The number of hydrogen-bond donors (Lipinski definition) is 1. The van der Waals surface area contributed by atoms with Crippen LogP contribution in [-0.2, 0) is 20.9 Å². The lowest BCUT2D eigenvalue weighted by Gasteiger charge is -2.17. The Bertz CT molecular complexity index is 521. The van der Waals surface area contributed by atoms with Crippen molar-refractivity contribution in [3.63, 3.8) is 0 Å². The summed E-state index contributed by atoms with van der Waals surface area (Å²) >= 11 is 0. The third kappa shape index (κ3) is 4.53. The van der Waals surface area contributed by atoms with Crippen molar-refractivity contribution in [1.82, 2.24) is 10.2 Å². The van der Waals surface area contributed by atoms with Gasteiger partial charge in [0.2, 0.25) is 11.8 Å². The van der Waals surface area contributed by atoms with Crippen LogP contribution >= 0.6 is 0 Å². The highest BCUT2D eigenvalue weighted by Gasteiger charge is 2.30. The number of rotatable bonds is 6. The first-order valence-electron chi connectivity index (χ1n) is 6.89. The molecule has 0 saturated carbocycles.